The second-order valence-electron chi connectivity index (χ2n) is 4.51. The Kier molecular flexibility index (Phi) is 3.57. The molecule has 17 heavy (non-hydrogen) atoms. The maximum Gasteiger partial charge on any atom is 0.250 e. The molecule has 0 aromatic heterocycles. The number of carbonyl (C=O) groups is 1. The van der Waals surface area contributed by atoms with Crippen LogP contribution in [-0.4, -0.2) is 11.6 Å². The van der Waals surface area contributed by atoms with Crippen LogP contribution in [-0.2, 0) is 4.79 Å². The van der Waals surface area contributed by atoms with E-state index in [2.05, 4.69) is 12.0 Å². The average Bonchev–Trinajstić information content (AvgIpc) is 2.35. The van der Waals surface area contributed by atoms with Crippen LogP contribution in [0.4, 0.5) is 5.69 Å². The zero-order chi connectivity index (χ0) is 12.3. The summed E-state index contributed by atoms with van der Waals surface area (Å²) >= 11 is 0. The summed E-state index contributed by atoms with van der Waals surface area (Å²) in [5, 5.41) is 5.92. The minimum atomic E-state index is 0.0951. The van der Waals surface area contributed by atoms with Crippen molar-refractivity contribution in [3.05, 3.63) is 30.3 Å². The van der Waals surface area contributed by atoms with Crippen molar-refractivity contribution in [2.45, 2.75) is 33.1 Å². The number of para-hydroxylation sites is 1. The third-order valence-corrected chi connectivity index (χ3v) is 3.01. The van der Waals surface area contributed by atoms with Gasteiger partial charge in [-0.05, 0) is 31.9 Å². The largest absolute Gasteiger partial charge is 0.272 e. The Morgan fingerprint density at radius 1 is 1.35 bits per heavy atom. The lowest BCUT2D eigenvalue weighted by atomic mass is 9.95. The van der Waals surface area contributed by atoms with Crippen LogP contribution in [0, 0.1) is 5.92 Å². The summed E-state index contributed by atoms with van der Waals surface area (Å²) in [6, 6.07) is 9.64. The lowest BCUT2D eigenvalue weighted by Gasteiger charge is -2.28. The van der Waals surface area contributed by atoms with Crippen molar-refractivity contribution in [2.24, 2.45) is 11.0 Å². The summed E-state index contributed by atoms with van der Waals surface area (Å²) in [6.07, 6.45) is 2.78. The number of hydrogen-bond acceptors (Lipinski definition) is 2. The average molecular weight is 230 g/mol. The molecular weight excluding hydrogens is 212 g/mol. The second kappa shape index (κ2) is 5.13. The van der Waals surface area contributed by atoms with Gasteiger partial charge in [0.25, 0.3) is 5.91 Å². The number of hydrazone groups is 1. The molecule has 3 nitrogen and oxygen atoms in total. The lowest BCUT2D eigenvalue weighted by Crippen LogP contribution is -2.38. The van der Waals surface area contributed by atoms with E-state index in [0.29, 0.717) is 0 Å². The Hall–Kier alpha value is -1.64. The van der Waals surface area contributed by atoms with Gasteiger partial charge in [0, 0.05) is 11.6 Å². The monoisotopic (exact) mass is 230 g/mol. The summed E-state index contributed by atoms with van der Waals surface area (Å²) in [5.41, 5.74) is 1.89. The molecule has 1 unspecified atom stereocenters. The maximum absolute atomic E-state index is 12.3. The number of amides is 1. The molecule has 1 aliphatic rings. The minimum absolute atomic E-state index is 0.0951. The summed E-state index contributed by atoms with van der Waals surface area (Å²) < 4.78 is 0. The van der Waals surface area contributed by atoms with Gasteiger partial charge < -0.3 is 0 Å². The first-order chi connectivity index (χ1) is 8.22. The van der Waals surface area contributed by atoms with Crippen LogP contribution >= 0.6 is 0 Å². The molecule has 0 aliphatic carbocycles. The number of hydrogen-bond donors (Lipinski definition) is 0. The second-order valence-corrected chi connectivity index (χ2v) is 4.51. The molecule has 1 heterocycles. The van der Waals surface area contributed by atoms with Gasteiger partial charge in [0.05, 0.1) is 5.69 Å². The van der Waals surface area contributed by atoms with E-state index < -0.39 is 0 Å². The van der Waals surface area contributed by atoms with Crippen LogP contribution in [0.1, 0.15) is 33.1 Å². The molecule has 0 saturated heterocycles. The van der Waals surface area contributed by atoms with Gasteiger partial charge in [-0.3, -0.25) is 4.79 Å². The molecule has 1 aliphatic heterocycles. The molecule has 1 atom stereocenters. The fourth-order valence-corrected chi connectivity index (χ4v) is 2.21. The topological polar surface area (TPSA) is 32.7 Å². The van der Waals surface area contributed by atoms with Gasteiger partial charge in [-0.1, -0.05) is 31.5 Å². The zero-order valence-electron chi connectivity index (χ0n) is 10.4. The Balaban J connectivity index is 2.28. The smallest absolute Gasteiger partial charge is 0.250 e. The Morgan fingerprint density at radius 3 is 2.71 bits per heavy atom. The van der Waals surface area contributed by atoms with E-state index in [1.807, 2.05) is 37.3 Å². The fourth-order valence-electron chi connectivity index (χ4n) is 2.21. The first-order valence-electron chi connectivity index (χ1n) is 6.15. The van der Waals surface area contributed by atoms with E-state index in [-0.39, 0.29) is 11.8 Å². The van der Waals surface area contributed by atoms with E-state index in [1.54, 1.807) is 5.01 Å². The van der Waals surface area contributed by atoms with Gasteiger partial charge in [-0.2, -0.15) is 5.10 Å². The molecule has 2 rings (SSSR count). The van der Waals surface area contributed by atoms with Gasteiger partial charge >= 0.3 is 0 Å². The molecule has 0 spiro atoms. The van der Waals surface area contributed by atoms with Gasteiger partial charge in [0.2, 0.25) is 0 Å². The van der Waals surface area contributed by atoms with Crippen molar-refractivity contribution < 1.29 is 4.79 Å². The molecule has 90 valence electrons. The van der Waals surface area contributed by atoms with E-state index in [9.17, 15) is 4.79 Å². The van der Waals surface area contributed by atoms with Gasteiger partial charge in [0.1, 0.15) is 0 Å². The maximum atomic E-state index is 12.3. The standard InChI is InChI=1S/C14H18N2O/c1-3-7-12-10-11(2)15-16(14(12)17)13-8-5-4-6-9-13/h4-6,8-9,12H,3,7,10H2,1-2H3. The normalized spacial score (nSPS) is 20.4. The van der Waals surface area contributed by atoms with Crippen molar-refractivity contribution in [1.29, 1.82) is 0 Å². The molecule has 1 aromatic rings. The highest BCUT2D eigenvalue weighted by Crippen LogP contribution is 2.25. The lowest BCUT2D eigenvalue weighted by molar-refractivity contribution is -0.122. The molecule has 0 radical (unpaired) electrons. The van der Waals surface area contributed by atoms with E-state index >= 15 is 0 Å². The van der Waals surface area contributed by atoms with E-state index in [0.717, 1.165) is 30.7 Å². The number of benzene rings is 1. The van der Waals surface area contributed by atoms with E-state index in [4.69, 9.17) is 0 Å². The third-order valence-electron chi connectivity index (χ3n) is 3.01. The quantitative estimate of drug-likeness (QED) is 0.784. The highest BCUT2D eigenvalue weighted by Gasteiger charge is 2.29. The predicted octanol–water partition coefficient (Wildman–Crippen LogP) is 3.22. The predicted molar refractivity (Wildman–Crippen MR) is 70.1 cm³/mol. The molecule has 0 N–H and O–H groups in total. The van der Waals surface area contributed by atoms with Crippen molar-refractivity contribution in [2.75, 3.05) is 5.01 Å². The number of anilines is 1. The first-order valence-corrected chi connectivity index (χ1v) is 6.15. The minimum Gasteiger partial charge on any atom is -0.272 e. The Labute approximate surface area is 102 Å². The Bertz CT molecular complexity index is 425. The fraction of sp³-hybridized carbons (Fsp3) is 0.429. The molecular formula is C14H18N2O. The summed E-state index contributed by atoms with van der Waals surface area (Å²) in [4.78, 5) is 12.3. The van der Waals surface area contributed by atoms with Crippen LogP contribution in [0.15, 0.2) is 35.4 Å². The first kappa shape index (κ1) is 11.8. The number of rotatable bonds is 3. The van der Waals surface area contributed by atoms with Crippen molar-refractivity contribution in [3.63, 3.8) is 0 Å². The highest BCUT2D eigenvalue weighted by molar-refractivity contribution is 6.02. The van der Waals surface area contributed by atoms with Crippen LogP contribution < -0.4 is 5.01 Å². The number of carbonyl (C=O) groups excluding carboxylic acids is 1. The van der Waals surface area contributed by atoms with Gasteiger partial charge in [-0.15, -0.1) is 0 Å². The van der Waals surface area contributed by atoms with Crippen LogP contribution in [0.5, 0.6) is 0 Å². The molecule has 1 aromatic carbocycles. The van der Waals surface area contributed by atoms with Crippen LogP contribution in [0.25, 0.3) is 0 Å². The van der Waals surface area contributed by atoms with Crippen LogP contribution in [0.3, 0.4) is 0 Å². The summed E-state index contributed by atoms with van der Waals surface area (Å²) in [7, 11) is 0. The summed E-state index contributed by atoms with van der Waals surface area (Å²) in [6.45, 7) is 4.10. The van der Waals surface area contributed by atoms with Crippen LogP contribution in [0.2, 0.25) is 0 Å². The molecule has 0 bridgehead atoms. The molecule has 0 saturated carbocycles. The van der Waals surface area contributed by atoms with Gasteiger partial charge in [-0.25, -0.2) is 5.01 Å². The zero-order valence-corrected chi connectivity index (χ0v) is 10.4. The van der Waals surface area contributed by atoms with Gasteiger partial charge in [0.15, 0.2) is 0 Å². The molecule has 0 fully saturated rings. The van der Waals surface area contributed by atoms with E-state index in [1.165, 1.54) is 0 Å². The SMILES string of the molecule is CCCC1CC(C)=NN(c2ccccc2)C1=O. The van der Waals surface area contributed by atoms with Crippen molar-refractivity contribution in [3.8, 4) is 0 Å². The summed E-state index contributed by atoms with van der Waals surface area (Å²) in [5.74, 6) is 0.223. The van der Waals surface area contributed by atoms with Crippen molar-refractivity contribution in [1.82, 2.24) is 0 Å². The van der Waals surface area contributed by atoms with Crippen molar-refractivity contribution >= 4 is 17.3 Å². The third kappa shape index (κ3) is 2.54. The highest BCUT2D eigenvalue weighted by atomic mass is 16.2. The number of nitrogens with zero attached hydrogens (tertiary/aromatic N) is 2. The Morgan fingerprint density at radius 2 is 2.06 bits per heavy atom. The molecule has 3 heteroatoms. The molecule has 1 amide bonds.